The molecule has 19 heavy (non-hydrogen) atoms. The molecular formula is C13H19NO4S. The van der Waals surface area contributed by atoms with Gasteiger partial charge in [-0.25, -0.2) is 8.42 Å². The molecule has 2 atom stereocenters. The van der Waals surface area contributed by atoms with Crippen LogP contribution in [0.4, 0.5) is 0 Å². The maximum absolute atomic E-state index is 11.7. The molecule has 0 aliphatic heterocycles. The normalized spacial score (nSPS) is 14.7. The van der Waals surface area contributed by atoms with Crippen LogP contribution in [-0.2, 0) is 21.1 Å². The molecule has 0 saturated carbocycles. The van der Waals surface area contributed by atoms with Crippen LogP contribution in [0.25, 0.3) is 0 Å². The van der Waals surface area contributed by atoms with Crippen LogP contribution < -0.4 is 5.32 Å². The molecule has 2 N–H and O–H groups in total. The number of aliphatic hydroxyl groups is 1. The lowest BCUT2D eigenvalue weighted by molar-refractivity contribution is -0.121. The summed E-state index contributed by atoms with van der Waals surface area (Å²) in [7, 11) is -3.42. The molecule has 0 radical (unpaired) electrons. The SMILES string of the molecule is CC(C(=O)N[C@H](CO)Cc1ccccc1)S(C)(=O)=O. The topological polar surface area (TPSA) is 83.5 Å². The first-order valence-corrected chi connectivity index (χ1v) is 7.94. The lowest BCUT2D eigenvalue weighted by Gasteiger charge is -2.18. The third-order valence-electron chi connectivity index (χ3n) is 2.90. The summed E-state index contributed by atoms with van der Waals surface area (Å²) < 4.78 is 22.6. The van der Waals surface area contributed by atoms with Crippen LogP contribution in [-0.4, -0.2) is 43.6 Å². The van der Waals surface area contributed by atoms with E-state index < -0.39 is 27.0 Å². The molecule has 1 aromatic rings. The number of benzene rings is 1. The Morgan fingerprint density at radius 2 is 1.89 bits per heavy atom. The second-order valence-electron chi connectivity index (χ2n) is 4.55. The van der Waals surface area contributed by atoms with Gasteiger partial charge in [0.1, 0.15) is 5.25 Å². The van der Waals surface area contributed by atoms with E-state index in [1.54, 1.807) is 0 Å². The van der Waals surface area contributed by atoms with E-state index in [2.05, 4.69) is 5.32 Å². The largest absolute Gasteiger partial charge is 0.394 e. The van der Waals surface area contributed by atoms with E-state index in [0.717, 1.165) is 11.8 Å². The van der Waals surface area contributed by atoms with E-state index in [0.29, 0.717) is 6.42 Å². The van der Waals surface area contributed by atoms with Gasteiger partial charge >= 0.3 is 0 Å². The number of rotatable bonds is 6. The van der Waals surface area contributed by atoms with Gasteiger partial charge in [-0.3, -0.25) is 4.79 Å². The Labute approximate surface area is 113 Å². The highest BCUT2D eigenvalue weighted by molar-refractivity contribution is 7.92. The van der Waals surface area contributed by atoms with Gasteiger partial charge in [-0.2, -0.15) is 0 Å². The quantitative estimate of drug-likeness (QED) is 0.779. The number of hydrogen-bond acceptors (Lipinski definition) is 4. The molecule has 0 aliphatic rings. The average Bonchev–Trinajstić information content (AvgIpc) is 2.37. The Morgan fingerprint density at radius 3 is 2.37 bits per heavy atom. The highest BCUT2D eigenvalue weighted by atomic mass is 32.2. The van der Waals surface area contributed by atoms with Crippen molar-refractivity contribution in [3.8, 4) is 0 Å². The number of sulfone groups is 1. The Morgan fingerprint density at radius 1 is 1.32 bits per heavy atom. The molecule has 5 nitrogen and oxygen atoms in total. The molecule has 1 rings (SSSR count). The van der Waals surface area contributed by atoms with Crippen LogP contribution in [0.2, 0.25) is 0 Å². The molecule has 0 bridgehead atoms. The lowest BCUT2D eigenvalue weighted by Crippen LogP contribution is -2.45. The minimum absolute atomic E-state index is 0.239. The Balaban J connectivity index is 2.65. The van der Waals surface area contributed by atoms with Crippen molar-refractivity contribution in [1.82, 2.24) is 5.32 Å². The monoisotopic (exact) mass is 285 g/mol. The van der Waals surface area contributed by atoms with Gasteiger partial charge in [0.15, 0.2) is 9.84 Å². The Hall–Kier alpha value is -1.40. The van der Waals surface area contributed by atoms with Gasteiger partial charge in [0.25, 0.3) is 0 Å². The van der Waals surface area contributed by atoms with Crippen molar-refractivity contribution >= 4 is 15.7 Å². The summed E-state index contributed by atoms with van der Waals surface area (Å²) in [5, 5.41) is 10.7. The molecule has 0 spiro atoms. The highest BCUT2D eigenvalue weighted by Gasteiger charge is 2.25. The molecule has 0 fully saturated rings. The van der Waals surface area contributed by atoms with E-state index in [-0.39, 0.29) is 6.61 Å². The summed E-state index contributed by atoms with van der Waals surface area (Å²) in [6.07, 6.45) is 1.47. The lowest BCUT2D eigenvalue weighted by atomic mass is 10.1. The third kappa shape index (κ3) is 5.00. The minimum Gasteiger partial charge on any atom is -0.394 e. The molecule has 0 aliphatic carbocycles. The highest BCUT2D eigenvalue weighted by Crippen LogP contribution is 2.04. The summed E-state index contributed by atoms with van der Waals surface area (Å²) in [4.78, 5) is 11.7. The van der Waals surface area contributed by atoms with Gasteiger partial charge in [-0.15, -0.1) is 0 Å². The fraction of sp³-hybridized carbons (Fsp3) is 0.462. The van der Waals surface area contributed by atoms with Gasteiger partial charge in [0.2, 0.25) is 5.91 Å². The Bertz CT molecular complexity index is 513. The van der Waals surface area contributed by atoms with Crippen molar-refractivity contribution in [3.05, 3.63) is 35.9 Å². The second-order valence-corrected chi connectivity index (χ2v) is 6.92. The first kappa shape index (κ1) is 15.7. The van der Waals surface area contributed by atoms with E-state index in [1.807, 2.05) is 30.3 Å². The summed E-state index contributed by atoms with van der Waals surface area (Å²) in [5.41, 5.74) is 0.967. The summed E-state index contributed by atoms with van der Waals surface area (Å²) in [6, 6.07) is 8.89. The zero-order valence-electron chi connectivity index (χ0n) is 11.0. The first-order chi connectivity index (χ1) is 8.84. The van der Waals surface area contributed by atoms with Crippen molar-refractivity contribution < 1.29 is 18.3 Å². The van der Waals surface area contributed by atoms with Crippen molar-refractivity contribution in [2.24, 2.45) is 0 Å². The van der Waals surface area contributed by atoms with Gasteiger partial charge < -0.3 is 10.4 Å². The standard InChI is InChI=1S/C13H19NO4S/c1-10(19(2,17)18)13(16)14-12(9-15)8-11-6-4-3-5-7-11/h3-7,10,12,15H,8-9H2,1-2H3,(H,14,16)/t10?,12-/m0/s1. The number of aliphatic hydroxyl groups excluding tert-OH is 1. The fourth-order valence-corrected chi connectivity index (χ4v) is 2.03. The van der Waals surface area contributed by atoms with Crippen LogP contribution in [0.3, 0.4) is 0 Å². The van der Waals surface area contributed by atoms with E-state index >= 15 is 0 Å². The molecule has 1 aromatic carbocycles. The van der Waals surface area contributed by atoms with Crippen LogP contribution in [0.1, 0.15) is 12.5 Å². The van der Waals surface area contributed by atoms with E-state index in [1.165, 1.54) is 6.92 Å². The van der Waals surface area contributed by atoms with Gasteiger partial charge in [0.05, 0.1) is 12.6 Å². The van der Waals surface area contributed by atoms with Crippen LogP contribution in [0.5, 0.6) is 0 Å². The van der Waals surface area contributed by atoms with Crippen molar-refractivity contribution in [1.29, 1.82) is 0 Å². The minimum atomic E-state index is -3.42. The number of amides is 1. The fourth-order valence-electron chi connectivity index (χ4n) is 1.57. The maximum atomic E-state index is 11.7. The molecule has 0 heterocycles. The molecule has 0 aromatic heterocycles. The van der Waals surface area contributed by atoms with Crippen molar-refractivity contribution in [2.45, 2.75) is 24.6 Å². The predicted molar refractivity (Wildman–Crippen MR) is 73.5 cm³/mol. The molecule has 1 amide bonds. The van der Waals surface area contributed by atoms with Gasteiger partial charge in [0, 0.05) is 6.26 Å². The number of hydrogen-bond donors (Lipinski definition) is 2. The zero-order chi connectivity index (χ0) is 14.5. The predicted octanol–water partition coefficient (Wildman–Crippen LogP) is 0.139. The first-order valence-electron chi connectivity index (χ1n) is 5.98. The molecule has 0 saturated heterocycles. The molecule has 106 valence electrons. The smallest absolute Gasteiger partial charge is 0.238 e. The van der Waals surface area contributed by atoms with Crippen LogP contribution in [0.15, 0.2) is 30.3 Å². The van der Waals surface area contributed by atoms with Crippen molar-refractivity contribution in [3.63, 3.8) is 0 Å². The number of carbonyl (C=O) groups is 1. The van der Waals surface area contributed by atoms with E-state index in [4.69, 9.17) is 0 Å². The number of nitrogens with one attached hydrogen (secondary N) is 1. The van der Waals surface area contributed by atoms with E-state index in [9.17, 15) is 18.3 Å². The molecular weight excluding hydrogens is 266 g/mol. The van der Waals surface area contributed by atoms with Crippen LogP contribution in [0, 0.1) is 0 Å². The summed E-state index contributed by atoms with van der Waals surface area (Å²) in [5.74, 6) is -0.586. The molecule has 6 heteroatoms. The second kappa shape index (κ2) is 6.68. The maximum Gasteiger partial charge on any atom is 0.238 e. The average molecular weight is 285 g/mol. The van der Waals surface area contributed by atoms with Crippen LogP contribution >= 0.6 is 0 Å². The molecule has 1 unspecified atom stereocenters. The zero-order valence-corrected chi connectivity index (χ0v) is 11.9. The van der Waals surface area contributed by atoms with Gasteiger partial charge in [-0.1, -0.05) is 30.3 Å². The summed E-state index contributed by atoms with van der Waals surface area (Å²) >= 11 is 0. The van der Waals surface area contributed by atoms with Crippen molar-refractivity contribution in [2.75, 3.05) is 12.9 Å². The summed E-state index contributed by atoms with van der Waals surface area (Å²) in [6.45, 7) is 1.10. The number of carbonyl (C=O) groups excluding carboxylic acids is 1. The third-order valence-corrected chi connectivity index (χ3v) is 4.40. The van der Waals surface area contributed by atoms with Gasteiger partial charge in [-0.05, 0) is 18.9 Å². The Kier molecular flexibility index (Phi) is 5.50.